The van der Waals surface area contributed by atoms with Crippen molar-refractivity contribution in [2.45, 2.75) is 19.5 Å². The van der Waals surface area contributed by atoms with Crippen LogP contribution in [0.1, 0.15) is 22.3 Å². The molecule has 9 nitrogen and oxygen atoms in total. The Bertz CT molecular complexity index is 1330. The summed E-state index contributed by atoms with van der Waals surface area (Å²) in [6.45, 7) is 6.31. The van der Waals surface area contributed by atoms with E-state index >= 15 is 0 Å². The van der Waals surface area contributed by atoms with Crippen molar-refractivity contribution < 1.29 is 9.18 Å². The van der Waals surface area contributed by atoms with E-state index in [2.05, 4.69) is 32.2 Å². The van der Waals surface area contributed by atoms with Crippen LogP contribution in [-0.4, -0.2) is 62.0 Å². The third kappa shape index (κ3) is 6.03. The number of guanidine groups is 1. The zero-order valence-corrected chi connectivity index (χ0v) is 21.2. The summed E-state index contributed by atoms with van der Waals surface area (Å²) in [5.74, 6) is 0.353. The van der Waals surface area contributed by atoms with Gasteiger partial charge in [0, 0.05) is 49.5 Å². The van der Waals surface area contributed by atoms with Crippen LogP contribution in [0.4, 0.5) is 21.5 Å². The molecule has 4 rings (SSSR count). The number of halogens is 1. The van der Waals surface area contributed by atoms with E-state index in [-0.39, 0.29) is 18.3 Å². The van der Waals surface area contributed by atoms with Crippen molar-refractivity contribution in [1.29, 1.82) is 0 Å². The molecule has 0 aliphatic carbocycles. The van der Waals surface area contributed by atoms with Crippen LogP contribution >= 0.6 is 0 Å². The molecule has 0 radical (unpaired) electrons. The van der Waals surface area contributed by atoms with Gasteiger partial charge in [0.05, 0.1) is 12.8 Å². The molecule has 0 saturated carbocycles. The van der Waals surface area contributed by atoms with Gasteiger partial charge in [0.15, 0.2) is 0 Å². The Kier molecular flexibility index (Phi) is 7.66. The fraction of sp³-hybridized carbons (Fsp3) is 0.259. The van der Waals surface area contributed by atoms with Gasteiger partial charge in [-0.25, -0.2) is 14.4 Å². The van der Waals surface area contributed by atoms with Crippen molar-refractivity contribution in [1.82, 2.24) is 4.90 Å². The Morgan fingerprint density at radius 3 is 2.78 bits per heavy atom. The molecule has 1 amide bonds. The van der Waals surface area contributed by atoms with Crippen LogP contribution < -0.4 is 21.3 Å². The van der Waals surface area contributed by atoms with Crippen molar-refractivity contribution >= 4 is 40.9 Å². The molecule has 0 unspecified atom stereocenters. The van der Waals surface area contributed by atoms with Gasteiger partial charge in [0.2, 0.25) is 5.96 Å². The van der Waals surface area contributed by atoms with Gasteiger partial charge >= 0.3 is 0 Å². The molecule has 192 valence electrons. The Morgan fingerprint density at radius 2 is 2.08 bits per heavy atom. The molecule has 37 heavy (non-hydrogen) atoms. The molecule has 2 heterocycles. The number of hydrogen-bond acceptors (Lipinski definition) is 8. The largest absolute Gasteiger partial charge is 0.383 e. The molecule has 2 aliphatic heterocycles. The maximum Gasteiger partial charge on any atom is 0.255 e. The topological polar surface area (TPSA) is 111 Å². The second-order valence-corrected chi connectivity index (χ2v) is 9.01. The van der Waals surface area contributed by atoms with Gasteiger partial charge in [0.25, 0.3) is 5.91 Å². The number of carbonyl (C=O) groups excluding carboxylic acids is 1. The third-order valence-electron chi connectivity index (χ3n) is 6.05. The molecule has 2 aliphatic rings. The smallest absolute Gasteiger partial charge is 0.255 e. The normalized spacial score (nSPS) is 19.5. The average Bonchev–Trinajstić information content (AvgIpc) is 3.32. The van der Waals surface area contributed by atoms with Crippen LogP contribution in [0.25, 0.3) is 0 Å². The van der Waals surface area contributed by atoms with Crippen molar-refractivity contribution in [2.75, 3.05) is 42.7 Å². The number of aliphatic imine (C=N–C) groups is 3. The fourth-order valence-corrected chi connectivity index (χ4v) is 3.98. The lowest BCUT2D eigenvalue weighted by atomic mass is 10.1. The van der Waals surface area contributed by atoms with Crippen LogP contribution in [0.15, 0.2) is 81.7 Å². The second kappa shape index (κ2) is 11.1. The fourth-order valence-electron chi connectivity index (χ4n) is 3.98. The molecule has 1 fully saturated rings. The number of benzene rings is 2. The zero-order valence-electron chi connectivity index (χ0n) is 21.2. The summed E-state index contributed by atoms with van der Waals surface area (Å²) in [6.07, 6.45) is 2.44. The zero-order chi connectivity index (χ0) is 26.5. The van der Waals surface area contributed by atoms with Gasteiger partial charge in [-0.05, 0) is 49.2 Å². The summed E-state index contributed by atoms with van der Waals surface area (Å²) in [5.41, 5.74) is 10.9. The summed E-state index contributed by atoms with van der Waals surface area (Å²) in [4.78, 5) is 29.9. The van der Waals surface area contributed by atoms with E-state index in [4.69, 9.17) is 5.73 Å². The highest BCUT2D eigenvalue weighted by Crippen LogP contribution is 2.23. The maximum atomic E-state index is 13.7. The standard InChI is InChI=1S/C27H31FN8O/c1-5-30-23-15-31-27(36-12-11-19(28)16-36)34-24(23)25(29)33-22-13-18(10-9-17(22)2)26(37)32-20-7-6-8-21(14-20)35(3)4/h5-10,13-15,19,33H,1,11-12,16,29H2,2-4H3,(H,32,37)/b25-24-,30-23-/t19-/m1/s1. The number of amides is 1. The van der Waals surface area contributed by atoms with Crippen LogP contribution in [0.2, 0.25) is 0 Å². The number of allylic oxidation sites excluding steroid dienone is 1. The monoisotopic (exact) mass is 502 g/mol. The molecular weight excluding hydrogens is 471 g/mol. The van der Waals surface area contributed by atoms with E-state index in [1.165, 1.54) is 12.4 Å². The number of alkyl halides is 1. The molecule has 4 N–H and O–H groups in total. The number of rotatable bonds is 6. The lowest BCUT2D eigenvalue weighted by Crippen LogP contribution is -2.32. The first-order valence-corrected chi connectivity index (χ1v) is 11.9. The highest BCUT2D eigenvalue weighted by molar-refractivity contribution is 6.41. The van der Waals surface area contributed by atoms with Gasteiger partial charge in [-0.3, -0.25) is 9.79 Å². The molecule has 0 spiro atoms. The summed E-state index contributed by atoms with van der Waals surface area (Å²) < 4.78 is 13.7. The summed E-state index contributed by atoms with van der Waals surface area (Å²) >= 11 is 0. The van der Waals surface area contributed by atoms with Gasteiger partial charge in [0.1, 0.15) is 23.4 Å². The number of hydrogen-bond donors (Lipinski definition) is 3. The third-order valence-corrected chi connectivity index (χ3v) is 6.05. The molecule has 2 aromatic rings. The van der Waals surface area contributed by atoms with Crippen molar-refractivity contribution in [2.24, 2.45) is 20.7 Å². The molecule has 2 aromatic carbocycles. The van der Waals surface area contributed by atoms with E-state index in [0.29, 0.717) is 47.3 Å². The van der Waals surface area contributed by atoms with Gasteiger partial charge < -0.3 is 26.2 Å². The summed E-state index contributed by atoms with van der Waals surface area (Å²) in [7, 11) is 3.88. The van der Waals surface area contributed by atoms with Crippen molar-refractivity contribution in [3.8, 4) is 0 Å². The second-order valence-electron chi connectivity index (χ2n) is 9.01. The Hall–Kier alpha value is -4.47. The molecule has 1 atom stereocenters. The first-order valence-electron chi connectivity index (χ1n) is 11.9. The summed E-state index contributed by atoms with van der Waals surface area (Å²) in [5, 5.41) is 6.10. The van der Waals surface area contributed by atoms with Gasteiger partial charge in [-0.2, -0.15) is 0 Å². The predicted octanol–water partition coefficient (Wildman–Crippen LogP) is 3.92. The number of nitrogens with two attached hydrogens (primary N) is 1. The van der Waals surface area contributed by atoms with Gasteiger partial charge in [-0.1, -0.05) is 18.7 Å². The first kappa shape index (κ1) is 25.6. The first-order chi connectivity index (χ1) is 17.7. The van der Waals surface area contributed by atoms with Gasteiger partial charge in [-0.15, -0.1) is 0 Å². The number of carbonyl (C=O) groups is 1. The lowest BCUT2D eigenvalue weighted by Gasteiger charge is -2.21. The number of aryl methyl sites for hydroxylation is 1. The SMILES string of the molecule is C=C/N=C1/C=NC(N2CC[C@@H](F)C2)=N/C1=C(/N)Nc1cc(C(=O)Nc2cccc(N(C)C)c2)ccc1C. The minimum Gasteiger partial charge on any atom is -0.383 e. The minimum absolute atomic E-state index is 0.222. The molecular formula is C27H31FN8O. The lowest BCUT2D eigenvalue weighted by molar-refractivity contribution is 0.102. The maximum absolute atomic E-state index is 13.7. The van der Waals surface area contributed by atoms with Crippen LogP contribution in [0.5, 0.6) is 0 Å². The van der Waals surface area contributed by atoms with Crippen molar-refractivity contribution in [3.63, 3.8) is 0 Å². The predicted molar refractivity (Wildman–Crippen MR) is 149 cm³/mol. The van der Waals surface area contributed by atoms with Crippen LogP contribution in [-0.2, 0) is 0 Å². The highest BCUT2D eigenvalue weighted by Gasteiger charge is 2.27. The number of likely N-dealkylation sites (tertiary alicyclic amines) is 1. The van der Waals surface area contributed by atoms with E-state index in [1.807, 2.05) is 56.3 Å². The quantitative estimate of drug-likeness (QED) is 0.555. The van der Waals surface area contributed by atoms with E-state index in [9.17, 15) is 9.18 Å². The number of anilines is 3. The van der Waals surface area contributed by atoms with E-state index in [1.54, 1.807) is 17.0 Å². The molecule has 0 bridgehead atoms. The van der Waals surface area contributed by atoms with E-state index < -0.39 is 6.17 Å². The van der Waals surface area contributed by atoms with Crippen LogP contribution in [0, 0.1) is 6.92 Å². The molecule has 0 aromatic heterocycles. The molecule has 1 saturated heterocycles. The Morgan fingerprint density at radius 1 is 1.27 bits per heavy atom. The highest BCUT2D eigenvalue weighted by atomic mass is 19.1. The van der Waals surface area contributed by atoms with Crippen molar-refractivity contribution in [3.05, 3.63) is 77.9 Å². The molecule has 10 heteroatoms. The Labute approximate surface area is 216 Å². The van der Waals surface area contributed by atoms with Crippen LogP contribution in [0.3, 0.4) is 0 Å². The minimum atomic E-state index is -0.911. The average molecular weight is 503 g/mol. The number of nitrogens with one attached hydrogen (secondary N) is 2. The number of nitrogens with zero attached hydrogens (tertiary/aromatic N) is 5. The Balaban J connectivity index is 1.59. The summed E-state index contributed by atoms with van der Waals surface area (Å²) in [6, 6.07) is 12.9. The van der Waals surface area contributed by atoms with E-state index in [0.717, 1.165) is 11.3 Å².